The molecule has 0 atom stereocenters. The number of carboxylic acid groups (broad SMARTS) is 1. The molecule has 0 radical (unpaired) electrons. The summed E-state index contributed by atoms with van der Waals surface area (Å²) in [6, 6.07) is -0.378. The maximum absolute atomic E-state index is 11.6. The standard InChI is InChI=1S/C11H20N2O3/c1-5-6-7-8-12-10(16)13(4)11(2,3)9(14)15/h5-6H,7-8H2,1-4H3,(H,12,16)(H,14,15)/b6-5+. The van der Waals surface area contributed by atoms with Crippen molar-refractivity contribution in [3.63, 3.8) is 0 Å². The van der Waals surface area contributed by atoms with Gasteiger partial charge in [0.15, 0.2) is 0 Å². The zero-order chi connectivity index (χ0) is 12.8. The molecule has 5 heteroatoms. The molecule has 0 aliphatic carbocycles. The molecule has 0 bridgehead atoms. The topological polar surface area (TPSA) is 69.6 Å². The van der Waals surface area contributed by atoms with Gasteiger partial charge in [-0.25, -0.2) is 9.59 Å². The van der Waals surface area contributed by atoms with Crippen LogP contribution in [0.25, 0.3) is 0 Å². The van der Waals surface area contributed by atoms with Crippen LogP contribution in [0.5, 0.6) is 0 Å². The van der Waals surface area contributed by atoms with Crippen molar-refractivity contribution in [3.8, 4) is 0 Å². The molecule has 0 aliphatic rings. The van der Waals surface area contributed by atoms with Gasteiger partial charge in [0.25, 0.3) is 0 Å². The summed E-state index contributed by atoms with van der Waals surface area (Å²) in [6.45, 7) is 5.38. The number of aliphatic carboxylic acids is 1. The summed E-state index contributed by atoms with van der Waals surface area (Å²) < 4.78 is 0. The van der Waals surface area contributed by atoms with Crippen molar-refractivity contribution in [2.45, 2.75) is 32.7 Å². The summed E-state index contributed by atoms with van der Waals surface area (Å²) in [5.41, 5.74) is -1.20. The Bertz CT molecular complexity index is 285. The van der Waals surface area contributed by atoms with E-state index in [1.807, 2.05) is 19.1 Å². The summed E-state index contributed by atoms with van der Waals surface area (Å²) in [7, 11) is 1.47. The van der Waals surface area contributed by atoms with E-state index >= 15 is 0 Å². The van der Waals surface area contributed by atoms with Gasteiger partial charge in [0.05, 0.1) is 0 Å². The number of amides is 2. The van der Waals surface area contributed by atoms with Gasteiger partial charge in [-0.1, -0.05) is 12.2 Å². The molecule has 92 valence electrons. The van der Waals surface area contributed by atoms with E-state index in [4.69, 9.17) is 5.11 Å². The number of urea groups is 1. The van der Waals surface area contributed by atoms with E-state index in [1.165, 1.54) is 25.8 Å². The Labute approximate surface area is 96.1 Å². The number of carbonyl (C=O) groups excluding carboxylic acids is 1. The Morgan fingerprint density at radius 3 is 2.44 bits per heavy atom. The third-order valence-corrected chi connectivity index (χ3v) is 2.49. The molecular weight excluding hydrogens is 208 g/mol. The predicted molar refractivity (Wildman–Crippen MR) is 62.3 cm³/mol. The van der Waals surface area contributed by atoms with Crippen molar-refractivity contribution in [2.75, 3.05) is 13.6 Å². The maximum Gasteiger partial charge on any atom is 0.329 e. The van der Waals surface area contributed by atoms with Crippen molar-refractivity contribution in [1.29, 1.82) is 0 Å². The fraction of sp³-hybridized carbons (Fsp3) is 0.636. The third kappa shape index (κ3) is 3.92. The highest BCUT2D eigenvalue weighted by atomic mass is 16.4. The van der Waals surface area contributed by atoms with Crippen molar-refractivity contribution < 1.29 is 14.7 Å². The van der Waals surface area contributed by atoms with Crippen LogP contribution in [0.15, 0.2) is 12.2 Å². The van der Waals surface area contributed by atoms with E-state index < -0.39 is 11.5 Å². The SMILES string of the molecule is C/C=C/CCNC(=O)N(C)C(C)(C)C(=O)O. The Morgan fingerprint density at radius 1 is 1.44 bits per heavy atom. The minimum atomic E-state index is -1.20. The molecule has 0 saturated heterocycles. The number of nitrogens with zero attached hydrogens (tertiary/aromatic N) is 1. The highest BCUT2D eigenvalue weighted by Gasteiger charge is 2.34. The maximum atomic E-state index is 11.6. The van der Waals surface area contributed by atoms with Crippen LogP contribution in [0.3, 0.4) is 0 Å². The summed E-state index contributed by atoms with van der Waals surface area (Å²) in [5, 5.41) is 11.6. The minimum absolute atomic E-state index is 0.378. The van der Waals surface area contributed by atoms with Gasteiger partial charge in [-0.2, -0.15) is 0 Å². The molecule has 0 spiro atoms. The van der Waals surface area contributed by atoms with Gasteiger partial charge in [-0.05, 0) is 27.2 Å². The van der Waals surface area contributed by atoms with E-state index in [0.29, 0.717) is 6.54 Å². The first-order chi connectivity index (χ1) is 7.34. The van der Waals surface area contributed by atoms with Crippen LogP contribution in [-0.4, -0.2) is 41.1 Å². The average Bonchev–Trinajstić information content (AvgIpc) is 2.22. The van der Waals surface area contributed by atoms with E-state index in [-0.39, 0.29) is 6.03 Å². The van der Waals surface area contributed by atoms with E-state index in [9.17, 15) is 9.59 Å². The van der Waals surface area contributed by atoms with Gasteiger partial charge < -0.3 is 15.3 Å². The van der Waals surface area contributed by atoms with Crippen LogP contribution in [0.4, 0.5) is 4.79 Å². The normalized spacial score (nSPS) is 11.5. The van der Waals surface area contributed by atoms with Crippen LogP contribution in [0.1, 0.15) is 27.2 Å². The van der Waals surface area contributed by atoms with Crippen LogP contribution < -0.4 is 5.32 Å². The lowest BCUT2D eigenvalue weighted by Gasteiger charge is -2.31. The monoisotopic (exact) mass is 228 g/mol. The third-order valence-electron chi connectivity index (χ3n) is 2.49. The second-order valence-corrected chi connectivity index (χ2v) is 4.01. The Kier molecular flexibility index (Phi) is 5.56. The number of rotatable bonds is 5. The number of carboxylic acids is 1. The van der Waals surface area contributed by atoms with Crippen LogP contribution in [0, 0.1) is 0 Å². The molecule has 0 aromatic rings. The molecule has 0 aromatic heterocycles. The second kappa shape index (κ2) is 6.15. The van der Waals surface area contributed by atoms with Crippen molar-refractivity contribution in [1.82, 2.24) is 10.2 Å². The van der Waals surface area contributed by atoms with Gasteiger partial charge >= 0.3 is 12.0 Å². The number of allylic oxidation sites excluding steroid dienone is 1. The molecule has 0 unspecified atom stereocenters. The van der Waals surface area contributed by atoms with E-state index in [1.54, 1.807) is 0 Å². The lowest BCUT2D eigenvalue weighted by atomic mass is 10.1. The van der Waals surface area contributed by atoms with Crippen molar-refractivity contribution in [2.24, 2.45) is 0 Å². The van der Waals surface area contributed by atoms with E-state index in [0.717, 1.165) is 6.42 Å². The van der Waals surface area contributed by atoms with Crippen LogP contribution in [0.2, 0.25) is 0 Å². The van der Waals surface area contributed by atoms with Crippen molar-refractivity contribution in [3.05, 3.63) is 12.2 Å². The van der Waals surface area contributed by atoms with Crippen LogP contribution >= 0.6 is 0 Å². The second-order valence-electron chi connectivity index (χ2n) is 4.01. The lowest BCUT2D eigenvalue weighted by molar-refractivity contribution is -0.146. The van der Waals surface area contributed by atoms with Gasteiger partial charge in [0.2, 0.25) is 0 Å². The number of hydrogen-bond donors (Lipinski definition) is 2. The lowest BCUT2D eigenvalue weighted by Crippen LogP contribution is -2.54. The zero-order valence-electron chi connectivity index (χ0n) is 10.3. The summed E-state index contributed by atoms with van der Waals surface area (Å²) >= 11 is 0. The molecule has 5 nitrogen and oxygen atoms in total. The first-order valence-electron chi connectivity index (χ1n) is 5.20. The molecular formula is C11H20N2O3. The smallest absolute Gasteiger partial charge is 0.329 e. The summed E-state index contributed by atoms with van der Waals surface area (Å²) in [4.78, 5) is 23.7. The largest absolute Gasteiger partial charge is 0.480 e. The van der Waals surface area contributed by atoms with E-state index in [2.05, 4.69) is 5.32 Å². The molecule has 16 heavy (non-hydrogen) atoms. The molecule has 2 N–H and O–H groups in total. The van der Waals surface area contributed by atoms with Gasteiger partial charge in [-0.15, -0.1) is 0 Å². The number of nitrogens with one attached hydrogen (secondary N) is 1. The van der Waals surface area contributed by atoms with Gasteiger partial charge in [-0.3, -0.25) is 0 Å². The Morgan fingerprint density at radius 2 is 2.00 bits per heavy atom. The molecule has 0 aliphatic heterocycles. The molecule has 0 fully saturated rings. The molecule has 0 aromatic carbocycles. The fourth-order valence-electron chi connectivity index (χ4n) is 0.945. The van der Waals surface area contributed by atoms with Gasteiger partial charge in [0, 0.05) is 13.6 Å². The highest BCUT2D eigenvalue weighted by Crippen LogP contribution is 2.12. The first-order valence-corrected chi connectivity index (χ1v) is 5.20. The highest BCUT2D eigenvalue weighted by molar-refractivity contribution is 5.85. The molecule has 0 rings (SSSR count). The number of carbonyl (C=O) groups is 2. The van der Waals surface area contributed by atoms with Gasteiger partial charge in [0.1, 0.15) is 5.54 Å². The quantitative estimate of drug-likeness (QED) is 0.553. The number of likely N-dealkylation sites (N-methyl/N-ethyl adjacent to an activating group) is 1. The predicted octanol–water partition coefficient (Wildman–Crippen LogP) is 1.46. The molecule has 2 amide bonds. The van der Waals surface area contributed by atoms with Crippen LogP contribution in [-0.2, 0) is 4.79 Å². The fourth-order valence-corrected chi connectivity index (χ4v) is 0.945. The number of hydrogen-bond acceptors (Lipinski definition) is 2. The molecule has 0 heterocycles. The summed E-state index contributed by atoms with van der Waals surface area (Å²) in [6.07, 6.45) is 4.57. The van der Waals surface area contributed by atoms with Crippen molar-refractivity contribution >= 4 is 12.0 Å². The molecule has 0 saturated carbocycles. The Hall–Kier alpha value is -1.52. The minimum Gasteiger partial charge on any atom is -0.480 e. The summed E-state index contributed by atoms with van der Waals surface area (Å²) in [5.74, 6) is -1.03. The first kappa shape index (κ1) is 14.5. The average molecular weight is 228 g/mol. The zero-order valence-corrected chi connectivity index (χ0v) is 10.3. The Balaban J connectivity index is 4.23.